The predicted octanol–water partition coefficient (Wildman–Crippen LogP) is 2.82. The number of nitrogens with zero attached hydrogens (tertiary/aromatic N) is 1. The quantitative estimate of drug-likeness (QED) is 0.836. The number of methoxy groups -OCH3 is 1. The zero-order valence-electron chi connectivity index (χ0n) is 14.5. The molecule has 1 aromatic carbocycles. The summed E-state index contributed by atoms with van der Waals surface area (Å²) in [5.74, 6) is 1.73. The molecule has 0 aromatic heterocycles. The molecule has 0 saturated heterocycles. The lowest BCUT2D eigenvalue weighted by atomic mass is 9.71. The first kappa shape index (κ1) is 15.8. The first-order chi connectivity index (χ1) is 11.6. The van der Waals surface area contributed by atoms with Crippen LogP contribution in [0.5, 0.6) is 11.5 Å². The van der Waals surface area contributed by atoms with E-state index in [0.29, 0.717) is 13.2 Å². The zero-order chi connectivity index (χ0) is 16.7. The first-order valence-corrected chi connectivity index (χ1v) is 8.87. The minimum absolute atomic E-state index is 0.0321. The molecule has 2 heterocycles. The van der Waals surface area contributed by atoms with Gasteiger partial charge in [0.05, 0.1) is 6.04 Å². The molecule has 1 amide bonds. The Morgan fingerprint density at radius 1 is 1.25 bits per heavy atom. The minimum atomic E-state index is 0.0321. The van der Waals surface area contributed by atoms with Crippen LogP contribution in [0.15, 0.2) is 12.1 Å². The molecule has 130 valence electrons. The highest BCUT2D eigenvalue weighted by molar-refractivity contribution is 5.79. The summed E-state index contributed by atoms with van der Waals surface area (Å²) in [6, 6.07) is 4.31. The standard InChI is InChI=1S/C19H25NO4/c1-13-14-9-16-17(24-8-7-23-16)10-15(14)19(5-3-4-6-19)12-20(13)18(21)11-22-2/h9-10,13H,3-8,11-12H2,1-2H3/t13-/m1/s1. The van der Waals surface area contributed by atoms with E-state index in [2.05, 4.69) is 19.1 Å². The highest BCUT2D eigenvalue weighted by Gasteiger charge is 2.46. The molecule has 24 heavy (non-hydrogen) atoms. The number of hydrogen-bond acceptors (Lipinski definition) is 4. The van der Waals surface area contributed by atoms with Gasteiger partial charge in [0.1, 0.15) is 19.8 Å². The van der Waals surface area contributed by atoms with Gasteiger partial charge in [0.15, 0.2) is 11.5 Å². The molecule has 5 nitrogen and oxygen atoms in total. The van der Waals surface area contributed by atoms with Gasteiger partial charge in [-0.1, -0.05) is 12.8 Å². The molecule has 0 radical (unpaired) electrons. The summed E-state index contributed by atoms with van der Waals surface area (Å²) >= 11 is 0. The van der Waals surface area contributed by atoms with E-state index in [-0.39, 0.29) is 24.0 Å². The molecule has 0 N–H and O–H groups in total. The molecule has 1 fully saturated rings. The topological polar surface area (TPSA) is 48.0 Å². The van der Waals surface area contributed by atoms with E-state index in [1.54, 1.807) is 7.11 Å². The third-order valence-corrected chi connectivity index (χ3v) is 5.83. The Morgan fingerprint density at radius 3 is 2.58 bits per heavy atom. The van der Waals surface area contributed by atoms with Crippen molar-refractivity contribution in [2.24, 2.45) is 0 Å². The van der Waals surface area contributed by atoms with Gasteiger partial charge in [-0.2, -0.15) is 0 Å². The highest BCUT2D eigenvalue weighted by Crippen LogP contribution is 2.51. The van der Waals surface area contributed by atoms with Crippen LogP contribution in [0.1, 0.15) is 49.8 Å². The summed E-state index contributed by atoms with van der Waals surface area (Å²) in [5.41, 5.74) is 2.62. The highest BCUT2D eigenvalue weighted by atomic mass is 16.6. The van der Waals surface area contributed by atoms with Crippen LogP contribution in [-0.4, -0.2) is 44.3 Å². The minimum Gasteiger partial charge on any atom is -0.486 e. The fourth-order valence-electron chi connectivity index (χ4n) is 4.62. The van der Waals surface area contributed by atoms with Gasteiger partial charge in [0.2, 0.25) is 5.91 Å². The Balaban J connectivity index is 1.81. The maximum absolute atomic E-state index is 12.6. The predicted molar refractivity (Wildman–Crippen MR) is 89.6 cm³/mol. The molecule has 1 aromatic rings. The fourth-order valence-corrected chi connectivity index (χ4v) is 4.62. The largest absolute Gasteiger partial charge is 0.486 e. The van der Waals surface area contributed by atoms with Crippen LogP contribution in [0.25, 0.3) is 0 Å². The van der Waals surface area contributed by atoms with Crippen molar-refractivity contribution in [3.8, 4) is 11.5 Å². The third-order valence-electron chi connectivity index (χ3n) is 5.83. The first-order valence-electron chi connectivity index (χ1n) is 8.87. The van der Waals surface area contributed by atoms with Crippen LogP contribution in [0.2, 0.25) is 0 Å². The van der Waals surface area contributed by atoms with Crippen molar-refractivity contribution in [1.29, 1.82) is 0 Å². The van der Waals surface area contributed by atoms with E-state index in [1.807, 2.05) is 4.90 Å². The van der Waals surface area contributed by atoms with Gasteiger partial charge in [-0.05, 0) is 43.0 Å². The molecule has 3 aliphatic rings. The average Bonchev–Trinajstić information content (AvgIpc) is 3.06. The molecule has 1 atom stereocenters. The van der Waals surface area contributed by atoms with Gasteiger partial charge in [-0.15, -0.1) is 0 Å². The van der Waals surface area contributed by atoms with Crippen molar-refractivity contribution < 1.29 is 19.0 Å². The van der Waals surface area contributed by atoms with E-state index in [1.165, 1.54) is 24.0 Å². The molecule has 1 aliphatic carbocycles. The van der Waals surface area contributed by atoms with Crippen molar-refractivity contribution in [2.75, 3.05) is 33.5 Å². The fraction of sp³-hybridized carbons (Fsp3) is 0.632. The summed E-state index contributed by atoms with van der Waals surface area (Å²) in [6.45, 7) is 4.21. The van der Waals surface area contributed by atoms with E-state index in [0.717, 1.165) is 30.9 Å². The molecule has 4 rings (SSSR count). The van der Waals surface area contributed by atoms with E-state index < -0.39 is 0 Å². The van der Waals surface area contributed by atoms with Crippen LogP contribution in [0.3, 0.4) is 0 Å². The molecule has 5 heteroatoms. The van der Waals surface area contributed by atoms with Gasteiger partial charge >= 0.3 is 0 Å². The monoisotopic (exact) mass is 331 g/mol. The number of carbonyl (C=O) groups is 1. The molecule has 0 bridgehead atoms. The van der Waals surface area contributed by atoms with Crippen LogP contribution in [0, 0.1) is 0 Å². The van der Waals surface area contributed by atoms with Gasteiger partial charge in [0.25, 0.3) is 0 Å². The Labute approximate surface area is 142 Å². The van der Waals surface area contributed by atoms with Crippen molar-refractivity contribution in [3.05, 3.63) is 23.3 Å². The lowest BCUT2D eigenvalue weighted by Crippen LogP contribution is -2.49. The second-order valence-electron chi connectivity index (χ2n) is 7.20. The normalized spacial score (nSPS) is 24.1. The smallest absolute Gasteiger partial charge is 0.249 e. The third kappa shape index (κ3) is 2.37. The summed E-state index contributed by atoms with van der Waals surface area (Å²) < 4.78 is 16.7. The van der Waals surface area contributed by atoms with E-state index >= 15 is 0 Å². The number of fused-ring (bicyclic) bond motifs is 3. The number of hydrogen-bond donors (Lipinski definition) is 0. The van der Waals surface area contributed by atoms with E-state index in [4.69, 9.17) is 14.2 Å². The second-order valence-corrected chi connectivity index (χ2v) is 7.20. The van der Waals surface area contributed by atoms with Crippen molar-refractivity contribution in [2.45, 2.75) is 44.1 Å². The molecular formula is C19H25NO4. The Hall–Kier alpha value is -1.75. The number of amides is 1. The second kappa shape index (κ2) is 5.96. The Bertz CT molecular complexity index is 651. The Morgan fingerprint density at radius 2 is 1.92 bits per heavy atom. The number of carbonyl (C=O) groups excluding carboxylic acids is 1. The number of ether oxygens (including phenoxy) is 3. The van der Waals surface area contributed by atoms with Crippen molar-refractivity contribution >= 4 is 5.91 Å². The van der Waals surface area contributed by atoms with Gasteiger partial charge < -0.3 is 19.1 Å². The lowest BCUT2D eigenvalue weighted by Gasteiger charge is -2.46. The molecule has 2 aliphatic heterocycles. The summed E-state index contributed by atoms with van der Waals surface area (Å²) in [4.78, 5) is 14.6. The molecule has 0 unspecified atom stereocenters. The SMILES string of the molecule is COCC(=O)N1CC2(CCCC2)c2cc3c(cc2[C@H]1C)OCCO3. The summed E-state index contributed by atoms with van der Waals surface area (Å²) in [7, 11) is 1.58. The van der Waals surface area contributed by atoms with E-state index in [9.17, 15) is 4.79 Å². The van der Waals surface area contributed by atoms with Gasteiger partial charge in [-0.3, -0.25) is 4.79 Å². The average molecular weight is 331 g/mol. The van der Waals surface area contributed by atoms with Crippen LogP contribution >= 0.6 is 0 Å². The Kier molecular flexibility index (Phi) is 3.91. The summed E-state index contributed by atoms with van der Waals surface area (Å²) in [5, 5.41) is 0. The van der Waals surface area contributed by atoms with Gasteiger partial charge in [0, 0.05) is 19.1 Å². The van der Waals surface area contributed by atoms with Crippen LogP contribution in [0.4, 0.5) is 0 Å². The lowest BCUT2D eigenvalue weighted by molar-refractivity contribution is -0.139. The molecule has 1 saturated carbocycles. The van der Waals surface area contributed by atoms with Crippen LogP contribution in [-0.2, 0) is 14.9 Å². The molecular weight excluding hydrogens is 306 g/mol. The molecule has 1 spiro atoms. The van der Waals surface area contributed by atoms with Crippen molar-refractivity contribution in [1.82, 2.24) is 4.90 Å². The number of rotatable bonds is 2. The van der Waals surface area contributed by atoms with Crippen molar-refractivity contribution in [3.63, 3.8) is 0 Å². The maximum Gasteiger partial charge on any atom is 0.249 e. The zero-order valence-corrected chi connectivity index (χ0v) is 14.5. The van der Waals surface area contributed by atoms with Crippen LogP contribution < -0.4 is 9.47 Å². The number of benzene rings is 1. The maximum atomic E-state index is 12.6. The van der Waals surface area contributed by atoms with Gasteiger partial charge in [-0.25, -0.2) is 0 Å². The summed E-state index contributed by atoms with van der Waals surface area (Å²) in [6.07, 6.45) is 4.69.